The molecule has 4 saturated carbocycles. The van der Waals surface area contributed by atoms with Crippen molar-refractivity contribution in [3.63, 3.8) is 0 Å². The molecule has 0 spiro atoms. The molecule has 8 unspecified atom stereocenters. The smallest absolute Gasteiger partial charge is 0.0663 e. The van der Waals surface area contributed by atoms with Crippen LogP contribution in [-0.2, 0) is 0 Å². The summed E-state index contributed by atoms with van der Waals surface area (Å²) in [6.45, 7) is 14.8. The molecule has 0 aliphatic heterocycles. The van der Waals surface area contributed by atoms with Gasteiger partial charge in [0.25, 0.3) is 0 Å². The molecular formula is C30H50O3. The van der Waals surface area contributed by atoms with Crippen LogP contribution in [0.15, 0.2) is 23.3 Å². The van der Waals surface area contributed by atoms with Gasteiger partial charge in [-0.25, -0.2) is 0 Å². The zero-order chi connectivity index (χ0) is 24.2. The third-order valence-electron chi connectivity index (χ3n) is 12.2. The van der Waals surface area contributed by atoms with E-state index in [0.29, 0.717) is 33.7 Å². The Kier molecular flexibility index (Phi) is 6.78. The Bertz CT molecular complexity index is 790. The minimum Gasteiger partial charge on any atom is -0.393 e. The Hall–Kier alpha value is -0.640. The number of aliphatic hydroxyl groups excluding tert-OH is 3. The molecule has 4 fully saturated rings. The number of aliphatic hydroxyl groups is 3. The maximum absolute atomic E-state index is 10.8. The van der Waals surface area contributed by atoms with Crippen molar-refractivity contribution >= 4 is 0 Å². The van der Waals surface area contributed by atoms with Crippen molar-refractivity contribution in [3.05, 3.63) is 23.3 Å². The van der Waals surface area contributed by atoms with Gasteiger partial charge in [-0.2, -0.15) is 0 Å². The quantitative estimate of drug-likeness (QED) is 0.425. The molecular weight excluding hydrogens is 408 g/mol. The highest BCUT2D eigenvalue weighted by Crippen LogP contribution is 2.75. The molecule has 4 aliphatic rings. The number of hydrogen-bond acceptors (Lipinski definition) is 3. The Labute approximate surface area is 202 Å². The summed E-state index contributed by atoms with van der Waals surface area (Å²) in [6, 6.07) is 0. The number of fused-ring (bicyclic) bond motifs is 5. The molecule has 0 bridgehead atoms. The van der Waals surface area contributed by atoms with Crippen LogP contribution >= 0.6 is 0 Å². The second-order valence-electron chi connectivity index (χ2n) is 13.6. The minimum atomic E-state index is -0.151. The molecule has 0 aromatic carbocycles. The molecule has 188 valence electrons. The van der Waals surface area contributed by atoms with E-state index in [2.05, 4.69) is 47.6 Å². The fraction of sp³-hybridized carbons (Fsp3) is 0.867. The predicted octanol–water partition coefficient (Wildman–Crippen LogP) is 6.28. The lowest BCUT2D eigenvalue weighted by Gasteiger charge is -2.69. The molecule has 0 aromatic heterocycles. The van der Waals surface area contributed by atoms with Crippen LogP contribution in [0.25, 0.3) is 0 Å². The molecule has 3 nitrogen and oxygen atoms in total. The zero-order valence-corrected chi connectivity index (χ0v) is 22.2. The van der Waals surface area contributed by atoms with Crippen LogP contribution in [-0.4, -0.2) is 34.6 Å². The zero-order valence-electron chi connectivity index (χ0n) is 22.2. The van der Waals surface area contributed by atoms with Crippen LogP contribution in [0.2, 0.25) is 0 Å². The summed E-state index contributed by atoms with van der Waals surface area (Å²) < 4.78 is 0. The number of allylic oxidation sites excluding steroid dienone is 3. The Morgan fingerprint density at radius 2 is 1.45 bits per heavy atom. The molecule has 3 N–H and O–H groups in total. The molecule has 4 aliphatic carbocycles. The predicted molar refractivity (Wildman–Crippen MR) is 136 cm³/mol. The summed E-state index contributed by atoms with van der Waals surface area (Å²) in [5.74, 6) is 2.82. The lowest BCUT2D eigenvalue weighted by molar-refractivity contribution is -0.220. The lowest BCUT2D eigenvalue weighted by Crippen LogP contribution is -2.63. The first kappa shape index (κ1) is 25.5. The molecule has 0 radical (unpaired) electrons. The lowest BCUT2D eigenvalue weighted by atomic mass is 9.35. The van der Waals surface area contributed by atoms with E-state index in [4.69, 9.17) is 0 Å². The molecule has 33 heavy (non-hydrogen) atoms. The molecule has 0 amide bonds. The summed E-state index contributed by atoms with van der Waals surface area (Å²) in [5.41, 5.74) is 3.38. The van der Waals surface area contributed by atoms with Crippen molar-refractivity contribution in [1.82, 2.24) is 0 Å². The highest BCUT2D eigenvalue weighted by Gasteiger charge is 2.68. The molecule has 0 saturated heterocycles. The second-order valence-corrected chi connectivity index (χ2v) is 13.6. The van der Waals surface area contributed by atoms with Gasteiger partial charge in [-0.05, 0) is 116 Å². The van der Waals surface area contributed by atoms with Gasteiger partial charge in [0, 0.05) is 0 Å². The van der Waals surface area contributed by atoms with E-state index < -0.39 is 0 Å². The van der Waals surface area contributed by atoms with Gasteiger partial charge in [0.05, 0.1) is 19.3 Å². The van der Waals surface area contributed by atoms with Crippen LogP contribution in [0.5, 0.6) is 0 Å². The van der Waals surface area contributed by atoms with Gasteiger partial charge in [-0.15, -0.1) is 0 Å². The molecule has 3 heteroatoms. The van der Waals surface area contributed by atoms with Gasteiger partial charge >= 0.3 is 0 Å². The third kappa shape index (κ3) is 3.71. The van der Waals surface area contributed by atoms with Gasteiger partial charge in [-0.3, -0.25) is 0 Å². The van der Waals surface area contributed by atoms with Crippen LogP contribution in [0.1, 0.15) is 99.3 Å². The van der Waals surface area contributed by atoms with Crippen LogP contribution in [0.4, 0.5) is 0 Å². The van der Waals surface area contributed by atoms with Crippen LogP contribution in [0.3, 0.4) is 0 Å². The van der Waals surface area contributed by atoms with Crippen LogP contribution < -0.4 is 0 Å². The highest BCUT2D eigenvalue weighted by molar-refractivity contribution is 5.21. The van der Waals surface area contributed by atoms with E-state index >= 15 is 0 Å². The average Bonchev–Trinajstić information content (AvgIpc) is 3.12. The van der Waals surface area contributed by atoms with Crippen LogP contribution in [0, 0.1) is 45.3 Å². The standard InChI is InChI=1S/C30H50O3/c1-20(8-7-9-21(18-31)19-32)22-12-16-29(5)23(22)10-11-25-28(4)15-14-26(33)27(2,3)24(28)13-17-30(25,29)6/h8-9,22-26,31-33H,7,10-19H2,1-6H3. The summed E-state index contributed by atoms with van der Waals surface area (Å²) in [5, 5.41) is 29.5. The highest BCUT2D eigenvalue weighted by atomic mass is 16.3. The van der Waals surface area contributed by atoms with E-state index in [-0.39, 0.29) is 24.7 Å². The molecule has 0 heterocycles. The van der Waals surface area contributed by atoms with E-state index in [1.165, 1.54) is 50.5 Å². The first-order valence-electron chi connectivity index (χ1n) is 13.7. The average molecular weight is 459 g/mol. The first-order chi connectivity index (χ1) is 15.5. The number of rotatable bonds is 5. The van der Waals surface area contributed by atoms with Crippen molar-refractivity contribution < 1.29 is 15.3 Å². The Balaban J connectivity index is 1.58. The molecule has 0 aromatic rings. The third-order valence-corrected chi connectivity index (χ3v) is 12.2. The molecule has 8 atom stereocenters. The van der Waals surface area contributed by atoms with Crippen molar-refractivity contribution in [3.8, 4) is 0 Å². The summed E-state index contributed by atoms with van der Waals surface area (Å²) in [6.07, 6.45) is 15.0. The van der Waals surface area contributed by atoms with Crippen molar-refractivity contribution in [2.24, 2.45) is 45.3 Å². The van der Waals surface area contributed by atoms with E-state index in [9.17, 15) is 15.3 Å². The minimum absolute atomic E-state index is 0.0269. The first-order valence-corrected chi connectivity index (χ1v) is 13.7. The normalized spacial score (nSPS) is 46.8. The topological polar surface area (TPSA) is 60.7 Å². The summed E-state index contributed by atoms with van der Waals surface area (Å²) in [7, 11) is 0. The van der Waals surface area contributed by atoms with Crippen molar-refractivity contribution in [1.29, 1.82) is 0 Å². The van der Waals surface area contributed by atoms with Gasteiger partial charge in [0.2, 0.25) is 0 Å². The van der Waals surface area contributed by atoms with Gasteiger partial charge < -0.3 is 15.3 Å². The van der Waals surface area contributed by atoms with E-state index in [0.717, 1.165) is 24.7 Å². The fourth-order valence-electron chi connectivity index (χ4n) is 10.0. The second kappa shape index (κ2) is 8.79. The summed E-state index contributed by atoms with van der Waals surface area (Å²) in [4.78, 5) is 0. The fourth-order valence-corrected chi connectivity index (χ4v) is 10.0. The maximum atomic E-state index is 10.8. The number of hydrogen-bond donors (Lipinski definition) is 3. The largest absolute Gasteiger partial charge is 0.393 e. The van der Waals surface area contributed by atoms with E-state index in [1.807, 2.05) is 6.08 Å². The van der Waals surface area contributed by atoms with Crippen molar-refractivity contribution in [2.45, 2.75) is 105 Å². The molecule has 4 rings (SSSR count). The van der Waals surface area contributed by atoms with E-state index in [1.54, 1.807) is 0 Å². The maximum Gasteiger partial charge on any atom is 0.0663 e. The monoisotopic (exact) mass is 458 g/mol. The van der Waals surface area contributed by atoms with Crippen molar-refractivity contribution in [2.75, 3.05) is 13.2 Å². The van der Waals surface area contributed by atoms with Gasteiger partial charge in [0.15, 0.2) is 0 Å². The Morgan fingerprint density at radius 3 is 2.12 bits per heavy atom. The van der Waals surface area contributed by atoms with Gasteiger partial charge in [0.1, 0.15) is 0 Å². The SMILES string of the molecule is CC(=CCC=C(CO)CO)C1CCC2(C)C1CCC1C3(C)CCC(O)C(C)(C)C3CCC12C. The Morgan fingerprint density at radius 1 is 0.788 bits per heavy atom. The summed E-state index contributed by atoms with van der Waals surface area (Å²) >= 11 is 0. The van der Waals surface area contributed by atoms with Gasteiger partial charge in [-0.1, -0.05) is 52.3 Å².